The summed E-state index contributed by atoms with van der Waals surface area (Å²) in [6.07, 6.45) is 0. The van der Waals surface area contributed by atoms with Crippen molar-refractivity contribution in [3.05, 3.63) is 23.3 Å². The molecule has 0 aromatic heterocycles. The Bertz CT molecular complexity index is 448. The van der Waals surface area contributed by atoms with E-state index in [0.29, 0.717) is 25.3 Å². The second-order valence-electron chi connectivity index (χ2n) is 5.03. The number of fused-ring (bicyclic) bond motifs is 1. The smallest absolute Gasteiger partial charge is 0.161 e. The van der Waals surface area contributed by atoms with Crippen LogP contribution in [0.4, 0.5) is 0 Å². The molecule has 0 saturated carbocycles. The van der Waals surface area contributed by atoms with Gasteiger partial charge in [0, 0.05) is 25.2 Å². The molecule has 1 aromatic carbocycles. The van der Waals surface area contributed by atoms with Crippen LogP contribution in [0.2, 0.25) is 0 Å². The van der Waals surface area contributed by atoms with Crippen LogP contribution in [0.1, 0.15) is 24.1 Å². The van der Waals surface area contributed by atoms with Gasteiger partial charge in [-0.1, -0.05) is 0 Å². The van der Waals surface area contributed by atoms with E-state index in [2.05, 4.69) is 36.6 Å². The molecule has 3 rings (SSSR count). The lowest BCUT2D eigenvalue weighted by Gasteiger charge is -2.33. The summed E-state index contributed by atoms with van der Waals surface area (Å²) in [5.41, 5.74) is 2.56. The van der Waals surface area contributed by atoms with E-state index in [1.165, 1.54) is 11.1 Å². The van der Waals surface area contributed by atoms with Crippen molar-refractivity contribution in [3.63, 3.8) is 0 Å². The van der Waals surface area contributed by atoms with E-state index >= 15 is 0 Å². The van der Waals surface area contributed by atoms with Crippen LogP contribution in [0.25, 0.3) is 0 Å². The van der Waals surface area contributed by atoms with Crippen LogP contribution in [-0.2, 0) is 0 Å². The number of ether oxygens (including phenoxy) is 2. The van der Waals surface area contributed by atoms with Crippen molar-refractivity contribution in [2.75, 3.05) is 26.3 Å². The van der Waals surface area contributed by atoms with E-state index in [-0.39, 0.29) is 0 Å². The highest BCUT2D eigenvalue weighted by molar-refractivity contribution is 5.49. The number of piperazine rings is 1. The summed E-state index contributed by atoms with van der Waals surface area (Å²) in [5.74, 6) is 1.75. The van der Waals surface area contributed by atoms with Gasteiger partial charge in [0.1, 0.15) is 13.2 Å². The van der Waals surface area contributed by atoms with Crippen LogP contribution in [0.3, 0.4) is 0 Å². The molecule has 0 aliphatic carbocycles. The Morgan fingerprint density at radius 3 is 2.44 bits per heavy atom. The van der Waals surface area contributed by atoms with Gasteiger partial charge in [0.15, 0.2) is 11.5 Å². The quantitative estimate of drug-likeness (QED) is 0.788. The Hall–Kier alpha value is -1.26. The van der Waals surface area contributed by atoms with E-state index in [1.54, 1.807) is 0 Å². The lowest BCUT2D eigenvalue weighted by atomic mass is 9.94. The first-order valence-corrected chi connectivity index (χ1v) is 6.62. The van der Waals surface area contributed by atoms with Crippen molar-refractivity contribution in [1.82, 2.24) is 10.6 Å². The molecule has 0 spiro atoms. The van der Waals surface area contributed by atoms with Gasteiger partial charge in [-0.2, -0.15) is 0 Å². The molecule has 0 radical (unpaired) electrons. The largest absolute Gasteiger partial charge is 0.486 e. The molecular formula is C14H20N2O2. The molecule has 4 heteroatoms. The predicted octanol–water partition coefficient (Wildman–Crippen LogP) is 1.39. The topological polar surface area (TPSA) is 42.5 Å². The maximum absolute atomic E-state index is 5.67. The predicted molar refractivity (Wildman–Crippen MR) is 70.4 cm³/mol. The maximum atomic E-state index is 5.67. The fourth-order valence-corrected chi connectivity index (χ4v) is 2.74. The van der Waals surface area contributed by atoms with Crippen LogP contribution < -0.4 is 20.1 Å². The first-order chi connectivity index (χ1) is 8.75. The molecule has 1 saturated heterocycles. The standard InChI is InChI=1S/C14H20N2O2/c1-9-7-12-13(18-6-5-17-12)8-11(9)14-10(2)15-3-4-16-14/h7-8,10,14-16H,3-6H2,1-2H3. The normalized spacial score (nSPS) is 27.0. The molecule has 2 atom stereocenters. The van der Waals surface area contributed by atoms with Gasteiger partial charge in [-0.05, 0) is 37.1 Å². The number of benzene rings is 1. The van der Waals surface area contributed by atoms with Crippen LogP contribution >= 0.6 is 0 Å². The summed E-state index contributed by atoms with van der Waals surface area (Å²) in [6, 6.07) is 4.99. The van der Waals surface area contributed by atoms with Gasteiger partial charge in [-0.25, -0.2) is 0 Å². The molecule has 2 aliphatic rings. The molecular weight excluding hydrogens is 228 g/mol. The Labute approximate surface area is 108 Å². The Balaban J connectivity index is 1.95. The SMILES string of the molecule is Cc1cc2c(cc1C1NCCNC1C)OCCO2. The van der Waals surface area contributed by atoms with E-state index < -0.39 is 0 Å². The zero-order valence-corrected chi connectivity index (χ0v) is 11.0. The van der Waals surface area contributed by atoms with Gasteiger partial charge in [0.05, 0.1) is 0 Å². The minimum absolute atomic E-state index is 0.342. The Morgan fingerprint density at radius 1 is 1.06 bits per heavy atom. The molecule has 4 nitrogen and oxygen atoms in total. The molecule has 18 heavy (non-hydrogen) atoms. The number of nitrogens with one attached hydrogen (secondary N) is 2. The molecule has 2 N–H and O–H groups in total. The monoisotopic (exact) mass is 248 g/mol. The third kappa shape index (κ3) is 2.06. The number of hydrogen-bond donors (Lipinski definition) is 2. The molecule has 0 amide bonds. The Morgan fingerprint density at radius 2 is 1.72 bits per heavy atom. The molecule has 2 aliphatic heterocycles. The number of hydrogen-bond acceptors (Lipinski definition) is 4. The average Bonchev–Trinajstić information content (AvgIpc) is 2.39. The molecule has 0 bridgehead atoms. The summed E-state index contributed by atoms with van der Waals surface area (Å²) < 4.78 is 11.3. The third-order valence-corrected chi connectivity index (χ3v) is 3.72. The number of rotatable bonds is 1. The number of aryl methyl sites for hydroxylation is 1. The molecule has 1 fully saturated rings. The van der Waals surface area contributed by atoms with Gasteiger partial charge in [0.25, 0.3) is 0 Å². The fraction of sp³-hybridized carbons (Fsp3) is 0.571. The van der Waals surface area contributed by atoms with Crippen molar-refractivity contribution in [1.29, 1.82) is 0 Å². The summed E-state index contributed by atoms with van der Waals surface area (Å²) in [4.78, 5) is 0. The van der Waals surface area contributed by atoms with E-state index in [0.717, 1.165) is 24.6 Å². The summed E-state index contributed by atoms with van der Waals surface area (Å²) in [6.45, 7) is 7.67. The molecule has 2 heterocycles. The van der Waals surface area contributed by atoms with E-state index in [4.69, 9.17) is 9.47 Å². The highest BCUT2D eigenvalue weighted by atomic mass is 16.6. The van der Waals surface area contributed by atoms with Crippen LogP contribution in [0, 0.1) is 6.92 Å². The third-order valence-electron chi connectivity index (χ3n) is 3.72. The highest BCUT2D eigenvalue weighted by Crippen LogP contribution is 2.36. The summed E-state index contributed by atoms with van der Waals surface area (Å²) in [5, 5.41) is 7.08. The van der Waals surface area contributed by atoms with Gasteiger partial charge in [0.2, 0.25) is 0 Å². The van der Waals surface area contributed by atoms with Crippen molar-refractivity contribution in [3.8, 4) is 11.5 Å². The van der Waals surface area contributed by atoms with Crippen LogP contribution in [-0.4, -0.2) is 32.3 Å². The summed E-state index contributed by atoms with van der Waals surface area (Å²) in [7, 11) is 0. The molecule has 98 valence electrons. The second-order valence-corrected chi connectivity index (χ2v) is 5.03. The fourth-order valence-electron chi connectivity index (χ4n) is 2.74. The maximum Gasteiger partial charge on any atom is 0.161 e. The zero-order valence-electron chi connectivity index (χ0n) is 11.0. The van der Waals surface area contributed by atoms with Crippen molar-refractivity contribution in [2.24, 2.45) is 0 Å². The van der Waals surface area contributed by atoms with Crippen LogP contribution in [0.5, 0.6) is 11.5 Å². The second kappa shape index (κ2) is 4.78. The lowest BCUT2D eigenvalue weighted by molar-refractivity contribution is 0.171. The van der Waals surface area contributed by atoms with E-state index in [1.807, 2.05) is 0 Å². The minimum Gasteiger partial charge on any atom is -0.486 e. The average molecular weight is 248 g/mol. The van der Waals surface area contributed by atoms with Crippen molar-refractivity contribution >= 4 is 0 Å². The minimum atomic E-state index is 0.342. The first kappa shape index (κ1) is 11.8. The van der Waals surface area contributed by atoms with Crippen molar-refractivity contribution < 1.29 is 9.47 Å². The van der Waals surface area contributed by atoms with Gasteiger partial charge in [-0.15, -0.1) is 0 Å². The Kier molecular flexibility index (Phi) is 3.14. The van der Waals surface area contributed by atoms with Crippen molar-refractivity contribution in [2.45, 2.75) is 25.9 Å². The zero-order chi connectivity index (χ0) is 12.5. The van der Waals surface area contributed by atoms with Gasteiger partial charge >= 0.3 is 0 Å². The van der Waals surface area contributed by atoms with Gasteiger partial charge in [-0.3, -0.25) is 0 Å². The first-order valence-electron chi connectivity index (χ1n) is 6.62. The van der Waals surface area contributed by atoms with E-state index in [9.17, 15) is 0 Å². The molecule has 2 unspecified atom stereocenters. The molecule has 1 aromatic rings. The summed E-state index contributed by atoms with van der Waals surface area (Å²) >= 11 is 0. The van der Waals surface area contributed by atoms with Gasteiger partial charge < -0.3 is 20.1 Å². The lowest BCUT2D eigenvalue weighted by Crippen LogP contribution is -2.49. The highest BCUT2D eigenvalue weighted by Gasteiger charge is 2.25. The van der Waals surface area contributed by atoms with Crippen LogP contribution in [0.15, 0.2) is 12.1 Å².